The molecule has 0 radical (unpaired) electrons. The van der Waals surface area contributed by atoms with E-state index < -0.39 is 0 Å². The SMILES string of the molecule is O=C(Nc1cccc(CO)c1)c1ccccc1SCC(=O)N1CCc2ccccc21. The van der Waals surface area contributed by atoms with Gasteiger partial charge in [-0.2, -0.15) is 0 Å². The summed E-state index contributed by atoms with van der Waals surface area (Å²) in [5.41, 5.74) is 4.05. The lowest BCUT2D eigenvalue weighted by atomic mass is 10.2. The predicted molar refractivity (Wildman–Crippen MR) is 120 cm³/mol. The van der Waals surface area contributed by atoms with E-state index in [2.05, 4.69) is 11.4 Å². The monoisotopic (exact) mass is 418 g/mol. The molecule has 1 aliphatic rings. The van der Waals surface area contributed by atoms with Crippen LogP contribution in [0.5, 0.6) is 0 Å². The van der Waals surface area contributed by atoms with E-state index in [4.69, 9.17) is 0 Å². The van der Waals surface area contributed by atoms with Crippen LogP contribution in [0.3, 0.4) is 0 Å². The number of nitrogens with zero attached hydrogens (tertiary/aromatic N) is 1. The molecule has 4 rings (SSSR count). The Balaban J connectivity index is 1.44. The highest BCUT2D eigenvalue weighted by molar-refractivity contribution is 8.00. The van der Waals surface area contributed by atoms with Crippen LogP contribution < -0.4 is 10.2 Å². The van der Waals surface area contributed by atoms with E-state index in [-0.39, 0.29) is 24.2 Å². The molecule has 0 atom stereocenters. The fourth-order valence-electron chi connectivity index (χ4n) is 3.54. The Hall–Kier alpha value is -3.09. The van der Waals surface area contributed by atoms with Crippen LogP contribution in [0.15, 0.2) is 77.7 Å². The number of nitrogens with one attached hydrogen (secondary N) is 1. The van der Waals surface area contributed by atoms with Crippen LogP contribution in [0.4, 0.5) is 11.4 Å². The molecule has 30 heavy (non-hydrogen) atoms. The molecule has 0 unspecified atom stereocenters. The molecule has 0 spiro atoms. The van der Waals surface area contributed by atoms with E-state index in [0.29, 0.717) is 17.8 Å². The second-order valence-electron chi connectivity index (χ2n) is 7.02. The summed E-state index contributed by atoms with van der Waals surface area (Å²) in [6.07, 6.45) is 0.873. The number of carbonyl (C=O) groups is 2. The van der Waals surface area contributed by atoms with Crippen molar-refractivity contribution >= 4 is 35.0 Å². The number of benzene rings is 3. The molecular formula is C24H22N2O3S. The minimum atomic E-state index is -0.243. The molecule has 3 aromatic rings. The highest BCUT2D eigenvalue weighted by Gasteiger charge is 2.24. The van der Waals surface area contributed by atoms with Gasteiger partial charge in [0.25, 0.3) is 5.91 Å². The topological polar surface area (TPSA) is 69.6 Å². The van der Waals surface area contributed by atoms with Crippen LogP contribution in [-0.4, -0.2) is 29.2 Å². The van der Waals surface area contributed by atoms with Crippen LogP contribution in [0, 0.1) is 0 Å². The fraction of sp³-hybridized carbons (Fsp3) is 0.167. The van der Waals surface area contributed by atoms with Crippen LogP contribution in [0.1, 0.15) is 21.5 Å². The van der Waals surface area contributed by atoms with Gasteiger partial charge in [-0.25, -0.2) is 0 Å². The summed E-state index contributed by atoms with van der Waals surface area (Å²) in [4.78, 5) is 28.2. The molecule has 2 N–H and O–H groups in total. The molecule has 152 valence electrons. The van der Waals surface area contributed by atoms with E-state index in [1.807, 2.05) is 41.3 Å². The number of para-hydroxylation sites is 1. The molecule has 0 fully saturated rings. The molecule has 0 aromatic heterocycles. The zero-order valence-electron chi connectivity index (χ0n) is 16.4. The quantitative estimate of drug-likeness (QED) is 0.591. The third-order valence-corrected chi connectivity index (χ3v) is 6.10. The van der Waals surface area contributed by atoms with Gasteiger partial charge in [-0.15, -0.1) is 11.8 Å². The summed E-state index contributed by atoms with van der Waals surface area (Å²) >= 11 is 1.37. The molecule has 2 amide bonds. The van der Waals surface area contributed by atoms with Crippen molar-refractivity contribution in [3.63, 3.8) is 0 Å². The standard InChI is InChI=1S/C24H22N2O3S/c27-15-17-6-5-8-19(14-17)25-24(29)20-9-2-4-11-22(20)30-16-23(28)26-13-12-18-7-1-3-10-21(18)26/h1-11,14,27H,12-13,15-16H2,(H,25,29). The van der Waals surface area contributed by atoms with Crippen molar-refractivity contribution in [2.45, 2.75) is 17.9 Å². The van der Waals surface area contributed by atoms with Crippen molar-refractivity contribution in [2.75, 3.05) is 22.5 Å². The Morgan fingerprint density at radius 3 is 2.67 bits per heavy atom. The van der Waals surface area contributed by atoms with E-state index in [0.717, 1.165) is 22.6 Å². The first kappa shape index (κ1) is 20.2. The van der Waals surface area contributed by atoms with Gasteiger partial charge in [0.15, 0.2) is 0 Å². The largest absolute Gasteiger partial charge is 0.392 e. The summed E-state index contributed by atoms with van der Waals surface area (Å²) < 4.78 is 0. The lowest BCUT2D eigenvalue weighted by Gasteiger charge is -2.17. The number of carbonyl (C=O) groups excluding carboxylic acids is 2. The Bertz CT molecular complexity index is 1080. The first-order valence-corrected chi connectivity index (χ1v) is 10.8. The number of aliphatic hydroxyl groups is 1. The zero-order valence-corrected chi connectivity index (χ0v) is 17.2. The van der Waals surface area contributed by atoms with E-state index in [1.165, 1.54) is 17.3 Å². The number of hydrogen-bond donors (Lipinski definition) is 2. The minimum absolute atomic E-state index is 0.0378. The lowest BCUT2D eigenvalue weighted by molar-refractivity contribution is -0.116. The van der Waals surface area contributed by atoms with E-state index in [9.17, 15) is 14.7 Å². The normalized spacial score (nSPS) is 12.5. The summed E-state index contributed by atoms with van der Waals surface area (Å²) in [6.45, 7) is 0.611. The molecule has 0 aliphatic carbocycles. The molecule has 1 heterocycles. The molecule has 1 aliphatic heterocycles. The Labute approximate surface area is 179 Å². The number of thioether (sulfide) groups is 1. The third kappa shape index (κ3) is 4.40. The maximum absolute atomic E-state index is 12.8. The smallest absolute Gasteiger partial charge is 0.256 e. The van der Waals surface area contributed by atoms with Crippen LogP contribution in [0.2, 0.25) is 0 Å². The lowest BCUT2D eigenvalue weighted by Crippen LogP contribution is -2.30. The van der Waals surface area contributed by atoms with Gasteiger partial charge in [0, 0.05) is 22.8 Å². The second-order valence-corrected chi connectivity index (χ2v) is 8.04. The molecule has 5 nitrogen and oxygen atoms in total. The van der Waals surface area contributed by atoms with Gasteiger partial charge in [-0.05, 0) is 47.9 Å². The van der Waals surface area contributed by atoms with Gasteiger partial charge in [0.2, 0.25) is 5.91 Å². The van der Waals surface area contributed by atoms with Gasteiger partial charge >= 0.3 is 0 Å². The number of anilines is 2. The molecule has 0 saturated carbocycles. The van der Waals surface area contributed by atoms with Gasteiger partial charge in [-0.1, -0.05) is 42.5 Å². The second kappa shape index (κ2) is 9.15. The summed E-state index contributed by atoms with van der Waals surface area (Å²) in [7, 11) is 0. The van der Waals surface area contributed by atoms with Crippen molar-refractivity contribution in [3.05, 3.63) is 89.5 Å². The Kier molecular flexibility index (Phi) is 6.16. The van der Waals surface area contributed by atoms with Gasteiger partial charge in [0.05, 0.1) is 17.9 Å². The van der Waals surface area contributed by atoms with E-state index >= 15 is 0 Å². The minimum Gasteiger partial charge on any atom is -0.392 e. The van der Waals surface area contributed by atoms with Gasteiger partial charge < -0.3 is 15.3 Å². The van der Waals surface area contributed by atoms with Crippen LogP contribution in [-0.2, 0) is 17.8 Å². The molecular weight excluding hydrogens is 396 g/mol. The van der Waals surface area contributed by atoms with Crippen molar-refractivity contribution < 1.29 is 14.7 Å². The highest BCUT2D eigenvalue weighted by Crippen LogP contribution is 2.30. The van der Waals surface area contributed by atoms with Crippen LogP contribution in [0.25, 0.3) is 0 Å². The number of aliphatic hydroxyl groups excluding tert-OH is 1. The summed E-state index contributed by atoms with van der Waals surface area (Å²) in [5, 5.41) is 12.1. The van der Waals surface area contributed by atoms with Gasteiger partial charge in [-0.3, -0.25) is 9.59 Å². The summed E-state index contributed by atoms with van der Waals surface area (Å²) in [6, 6.07) is 22.4. The van der Waals surface area contributed by atoms with Crippen molar-refractivity contribution in [3.8, 4) is 0 Å². The molecule has 3 aromatic carbocycles. The Morgan fingerprint density at radius 2 is 1.80 bits per heavy atom. The highest BCUT2D eigenvalue weighted by atomic mass is 32.2. The van der Waals surface area contributed by atoms with Crippen molar-refractivity contribution in [1.82, 2.24) is 0 Å². The van der Waals surface area contributed by atoms with Gasteiger partial charge in [0.1, 0.15) is 0 Å². The molecule has 0 saturated heterocycles. The molecule has 0 bridgehead atoms. The zero-order chi connectivity index (χ0) is 20.9. The number of fused-ring (bicyclic) bond motifs is 1. The molecule has 6 heteroatoms. The van der Waals surface area contributed by atoms with Crippen LogP contribution >= 0.6 is 11.8 Å². The fourth-order valence-corrected chi connectivity index (χ4v) is 4.47. The first-order valence-electron chi connectivity index (χ1n) is 9.77. The predicted octanol–water partition coefficient (Wildman–Crippen LogP) is 4.11. The average molecular weight is 419 g/mol. The third-order valence-electron chi connectivity index (χ3n) is 5.04. The maximum Gasteiger partial charge on any atom is 0.256 e. The van der Waals surface area contributed by atoms with Crippen molar-refractivity contribution in [1.29, 1.82) is 0 Å². The van der Waals surface area contributed by atoms with Crippen molar-refractivity contribution in [2.24, 2.45) is 0 Å². The average Bonchev–Trinajstić information content (AvgIpc) is 3.22. The van der Waals surface area contributed by atoms with E-state index in [1.54, 1.807) is 30.3 Å². The number of amides is 2. The Morgan fingerprint density at radius 1 is 1.00 bits per heavy atom. The maximum atomic E-state index is 12.8. The number of hydrogen-bond acceptors (Lipinski definition) is 4. The number of rotatable bonds is 6. The summed E-state index contributed by atoms with van der Waals surface area (Å²) in [5.74, 6) is 0.0569. The first-order chi connectivity index (χ1) is 14.7.